The number of methoxy groups -OCH3 is 1. The van der Waals surface area contributed by atoms with Crippen LogP contribution in [0, 0.1) is 10.1 Å². The third-order valence-corrected chi connectivity index (χ3v) is 4.29. The van der Waals surface area contributed by atoms with Gasteiger partial charge < -0.3 is 15.4 Å². The Bertz CT molecular complexity index is 821. The summed E-state index contributed by atoms with van der Waals surface area (Å²) in [5.41, 5.74) is 0.375. The van der Waals surface area contributed by atoms with Gasteiger partial charge in [-0.15, -0.1) is 0 Å². The first kappa shape index (κ1) is 17.6. The van der Waals surface area contributed by atoms with Gasteiger partial charge in [-0.25, -0.2) is 14.8 Å². The molecule has 0 spiro atoms. The Morgan fingerprint density at radius 1 is 1.23 bits per heavy atom. The Labute approximate surface area is 150 Å². The molecule has 1 aliphatic carbocycles. The fourth-order valence-corrected chi connectivity index (χ4v) is 3.02. The molecule has 0 radical (unpaired) electrons. The normalized spacial score (nSPS) is 14.0. The van der Waals surface area contributed by atoms with Crippen molar-refractivity contribution in [2.24, 2.45) is 0 Å². The van der Waals surface area contributed by atoms with Crippen LogP contribution in [-0.4, -0.2) is 34.0 Å². The van der Waals surface area contributed by atoms with Crippen molar-refractivity contribution >= 4 is 29.0 Å². The topological polar surface area (TPSA) is 119 Å². The third kappa shape index (κ3) is 3.71. The highest BCUT2D eigenvalue weighted by Gasteiger charge is 2.27. The number of esters is 1. The van der Waals surface area contributed by atoms with Crippen molar-refractivity contribution in [3.63, 3.8) is 0 Å². The van der Waals surface area contributed by atoms with Crippen LogP contribution < -0.4 is 10.6 Å². The van der Waals surface area contributed by atoms with Crippen molar-refractivity contribution in [3.05, 3.63) is 46.3 Å². The minimum atomic E-state index is -0.547. The summed E-state index contributed by atoms with van der Waals surface area (Å²) in [6.07, 6.45) is 5.35. The molecule has 1 heterocycles. The molecular formula is C17H19N5O4. The summed E-state index contributed by atoms with van der Waals surface area (Å²) >= 11 is 0. The SMILES string of the molecule is COC(=O)c1ccccc1Nc1ncnc(NC2CCCC2)c1[N+](=O)[O-]. The second-order valence-electron chi connectivity index (χ2n) is 5.96. The number of nitro groups is 1. The molecular weight excluding hydrogens is 338 g/mol. The van der Waals surface area contributed by atoms with Crippen LogP contribution in [0.4, 0.5) is 23.0 Å². The molecule has 2 aromatic rings. The first-order valence-electron chi connectivity index (χ1n) is 8.30. The maximum Gasteiger partial charge on any atom is 0.353 e. The number of anilines is 3. The molecule has 2 N–H and O–H groups in total. The Hall–Kier alpha value is -3.23. The highest BCUT2D eigenvalue weighted by molar-refractivity contribution is 5.96. The maximum absolute atomic E-state index is 11.9. The average Bonchev–Trinajstić information content (AvgIpc) is 3.14. The van der Waals surface area contributed by atoms with Gasteiger partial charge in [0.05, 0.1) is 23.3 Å². The van der Waals surface area contributed by atoms with Crippen LogP contribution in [0.2, 0.25) is 0 Å². The van der Waals surface area contributed by atoms with Gasteiger partial charge in [0.2, 0.25) is 11.6 Å². The Kier molecular flexibility index (Phi) is 5.26. The quantitative estimate of drug-likeness (QED) is 0.459. The number of aromatic nitrogens is 2. The molecule has 1 fully saturated rings. The van der Waals surface area contributed by atoms with E-state index in [0.29, 0.717) is 5.69 Å². The van der Waals surface area contributed by atoms with Crippen molar-refractivity contribution in [2.75, 3.05) is 17.7 Å². The number of hydrogen-bond acceptors (Lipinski definition) is 8. The first-order valence-corrected chi connectivity index (χ1v) is 8.30. The molecule has 1 saturated carbocycles. The molecule has 0 bridgehead atoms. The lowest BCUT2D eigenvalue weighted by molar-refractivity contribution is -0.383. The van der Waals surface area contributed by atoms with Crippen LogP contribution in [0.15, 0.2) is 30.6 Å². The Balaban J connectivity index is 1.95. The van der Waals surface area contributed by atoms with Crippen LogP contribution in [0.3, 0.4) is 0 Å². The zero-order chi connectivity index (χ0) is 18.5. The van der Waals surface area contributed by atoms with Gasteiger partial charge in [0.15, 0.2) is 0 Å². The van der Waals surface area contributed by atoms with Crippen molar-refractivity contribution in [3.8, 4) is 0 Å². The lowest BCUT2D eigenvalue weighted by Gasteiger charge is -2.15. The lowest BCUT2D eigenvalue weighted by atomic mass is 10.2. The van der Waals surface area contributed by atoms with E-state index in [1.165, 1.54) is 13.4 Å². The number of nitrogens with one attached hydrogen (secondary N) is 2. The zero-order valence-corrected chi connectivity index (χ0v) is 14.3. The maximum atomic E-state index is 11.9. The number of benzene rings is 1. The van der Waals surface area contributed by atoms with E-state index in [0.717, 1.165) is 25.7 Å². The molecule has 9 heteroatoms. The van der Waals surface area contributed by atoms with Gasteiger partial charge in [0.1, 0.15) is 6.33 Å². The second-order valence-corrected chi connectivity index (χ2v) is 5.96. The number of carbonyl (C=O) groups is 1. The van der Waals surface area contributed by atoms with E-state index in [-0.39, 0.29) is 28.9 Å². The van der Waals surface area contributed by atoms with E-state index < -0.39 is 10.9 Å². The summed E-state index contributed by atoms with van der Waals surface area (Å²) in [7, 11) is 1.27. The molecule has 0 amide bonds. The van der Waals surface area contributed by atoms with E-state index >= 15 is 0 Å². The smallest absolute Gasteiger partial charge is 0.353 e. The summed E-state index contributed by atoms with van der Waals surface area (Å²) < 4.78 is 4.75. The molecule has 136 valence electrons. The van der Waals surface area contributed by atoms with Gasteiger partial charge in [-0.05, 0) is 25.0 Å². The fraction of sp³-hybridized carbons (Fsp3) is 0.353. The Morgan fingerprint density at radius 2 is 1.92 bits per heavy atom. The van der Waals surface area contributed by atoms with Gasteiger partial charge >= 0.3 is 11.7 Å². The molecule has 0 atom stereocenters. The molecule has 0 aliphatic heterocycles. The summed E-state index contributed by atoms with van der Waals surface area (Å²) in [6, 6.07) is 6.75. The van der Waals surface area contributed by atoms with Crippen molar-refractivity contribution in [2.45, 2.75) is 31.7 Å². The van der Waals surface area contributed by atoms with Gasteiger partial charge in [-0.1, -0.05) is 25.0 Å². The molecule has 1 aromatic carbocycles. The van der Waals surface area contributed by atoms with Crippen molar-refractivity contribution in [1.82, 2.24) is 9.97 Å². The van der Waals surface area contributed by atoms with Gasteiger partial charge in [0, 0.05) is 6.04 Å². The van der Waals surface area contributed by atoms with Crippen LogP contribution in [0.25, 0.3) is 0 Å². The number of ether oxygens (including phenoxy) is 1. The Morgan fingerprint density at radius 3 is 2.62 bits per heavy atom. The van der Waals surface area contributed by atoms with Gasteiger partial charge in [-0.2, -0.15) is 0 Å². The lowest BCUT2D eigenvalue weighted by Crippen LogP contribution is -2.17. The van der Waals surface area contributed by atoms with Gasteiger partial charge in [0.25, 0.3) is 0 Å². The highest BCUT2D eigenvalue weighted by atomic mass is 16.6. The molecule has 3 rings (SSSR count). The molecule has 0 unspecified atom stereocenters. The summed E-state index contributed by atoms with van der Waals surface area (Å²) in [6.45, 7) is 0. The molecule has 9 nitrogen and oxygen atoms in total. The monoisotopic (exact) mass is 357 g/mol. The van der Waals surface area contributed by atoms with E-state index in [9.17, 15) is 14.9 Å². The molecule has 1 aromatic heterocycles. The molecule has 26 heavy (non-hydrogen) atoms. The second kappa shape index (κ2) is 7.77. The average molecular weight is 357 g/mol. The summed E-state index contributed by atoms with van der Waals surface area (Å²) in [4.78, 5) is 31.1. The van der Waals surface area contributed by atoms with Crippen LogP contribution in [-0.2, 0) is 4.74 Å². The summed E-state index contributed by atoms with van der Waals surface area (Å²) in [5, 5.41) is 17.6. The number of rotatable bonds is 6. The minimum absolute atomic E-state index is 0.0156. The van der Waals surface area contributed by atoms with E-state index in [2.05, 4.69) is 20.6 Å². The predicted molar refractivity (Wildman–Crippen MR) is 95.6 cm³/mol. The standard InChI is InChI=1S/C17H19N5O4/c1-26-17(23)12-8-4-5-9-13(12)21-16-14(22(24)25)15(18-10-19-16)20-11-6-2-3-7-11/h4-5,8-11H,2-3,6-7H2,1H3,(H2,18,19,20,21). The number of para-hydroxylation sites is 1. The van der Waals surface area contributed by atoms with Crippen molar-refractivity contribution < 1.29 is 14.5 Å². The number of nitrogens with zero attached hydrogens (tertiary/aromatic N) is 3. The number of hydrogen-bond donors (Lipinski definition) is 2. The molecule has 0 saturated heterocycles. The molecule has 1 aliphatic rings. The van der Waals surface area contributed by atoms with E-state index in [1.807, 2.05) is 0 Å². The fourth-order valence-electron chi connectivity index (χ4n) is 3.02. The van der Waals surface area contributed by atoms with Crippen LogP contribution in [0.1, 0.15) is 36.0 Å². The highest BCUT2D eigenvalue weighted by Crippen LogP contribution is 2.34. The third-order valence-electron chi connectivity index (χ3n) is 4.29. The predicted octanol–water partition coefficient (Wildman–Crippen LogP) is 3.27. The van der Waals surface area contributed by atoms with E-state index in [4.69, 9.17) is 4.74 Å². The first-order chi connectivity index (χ1) is 12.6. The van der Waals surface area contributed by atoms with Crippen LogP contribution in [0.5, 0.6) is 0 Å². The zero-order valence-electron chi connectivity index (χ0n) is 14.3. The summed E-state index contributed by atoms with van der Waals surface area (Å²) in [5.74, 6) is -0.356. The van der Waals surface area contributed by atoms with Crippen molar-refractivity contribution in [1.29, 1.82) is 0 Å². The largest absolute Gasteiger partial charge is 0.465 e. The minimum Gasteiger partial charge on any atom is -0.465 e. The van der Waals surface area contributed by atoms with E-state index in [1.54, 1.807) is 24.3 Å². The van der Waals surface area contributed by atoms with Crippen LogP contribution >= 0.6 is 0 Å². The number of carbonyl (C=O) groups excluding carboxylic acids is 1. The van der Waals surface area contributed by atoms with Gasteiger partial charge in [-0.3, -0.25) is 10.1 Å².